The summed E-state index contributed by atoms with van der Waals surface area (Å²) < 4.78 is 6.45. The van der Waals surface area contributed by atoms with Gasteiger partial charge in [-0.3, -0.25) is 14.7 Å². The monoisotopic (exact) mass is 351 g/mol. The van der Waals surface area contributed by atoms with E-state index < -0.39 is 6.10 Å². The maximum absolute atomic E-state index is 12.6. The third-order valence-corrected chi connectivity index (χ3v) is 5.56. The molecule has 2 aliphatic rings. The molecule has 5 nitrogen and oxygen atoms in total. The van der Waals surface area contributed by atoms with Gasteiger partial charge < -0.3 is 9.64 Å². The minimum atomic E-state index is -0.479. The summed E-state index contributed by atoms with van der Waals surface area (Å²) in [7, 11) is 3.58. The number of amides is 1. The largest absolute Gasteiger partial charge is 0.352 e. The summed E-state index contributed by atoms with van der Waals surface area (Å²) in [5, 5.41) is 0. The standard InChI is InChI=1S/C21H25N3O2/c1-23(2)20(25)19-17-5-3-4-6-18(17)21(26-19)9-13-24(14-10-21)15-16-7-11-22-12-8-16/h3-8,11-12,19H,9-10,13-15H2,1-2H3. The first-order valence-corrected chi connectivity index (χ1v) is 9.19. The van der Waals surface area contributed by atoms with E-state index in [0.29, 0.717) is 0 Å². The fourth-order valence-electron chi connectivity index (χ4n) is 4.12. The van der Waals surface area contributed by atoms with Crippen molar-refractivity contribution in [1.82, 2.24) is 14.8 Å². The molecule has 3 heterocycles. The van der Waals surface area contributed by atoms with E-state index in [1.807, 2.05) is 24.5 Å². The van der Waals surface area contributed by atoms with Crippen LogP contribution in [-0.2, 0) is 21.7 Å². The van der Waals surface area contributed by atoms with Gasteiger partial charge in [-0.05, 0) is 41.7 Å². The van der Waals surface area contributed by atoms with Crippen LogP contribution in [0.5, 0.6) is 0 Å². The lowest BCUT2D eigenvalue weighted by Crippen LogP contribution is -2.43. The van der Waals surface area contributed by atoms with Crippen molar-refractivity contribution < 1.29 is 9.53 Å². The van der Waals surface area contributed by atoms with Gasteiger partial charge in [0.25, 0.3) is 5.91 Å². The molecule has 0 saturated carbocycles. The number of carbonyl (C=O) groups excluding carboxylic acids is 1. The molecule has 1 fully saturated rings. The zero-order valence-electron chi connectivity index (χ0n) is 15.4. The number of aromatic nitrogens is 1. The van der Waals surface area contributed by atoms with Gasteiger partial charge in [-0.1, -0.05) is 24.3 Å². The quantitative estimate of drug-likeness (QED) is 0.853. The lowest BCUT2D eigenvalue weighted by atomic mass is 9.83. The van der Waals surface area contributed by atoms with Crippen LogP contribution < -0.4 is 0 Å². The number of nitrogens with zero attached hydrogens (tertiary/aromatic N) is 3. The molecule has 26 heavy (non-hydrogen) atoms. The Bertz CT molecular complexity index is 783. The molecule has 136 valence electrons. The van der Waals surface area contributed by atoms with Crippen LogP contribution in [-0.4, -0.2) is 47.9 Å². The highest BCUT2D eigenvalue weighted by Crippen LogP contribution is 2.49. The Morgan fingerprint density at radius 3 is 2.58 bits per heavy atom. The Morgan fingerprint density at radius 2 is 1.88 bits per heavy atom. The first-order valence-electron chi connectivity index (χ1n) is 9.19. The number of hydrogen-bond donors (Lipinski definition) is 0. The summed E-state index contributed by atoms with van der Waals surface area (Å²) in [6.07, 6.45) is 5.02. The zero-order valence-corrected chi connectivity index (χ0v) is 15.4. The highest BCUT2D eigenvalue weighted by Gasteiger charge is 2.48. The minimum Gasteiger partial charge on any atom is -0.352 e. The molecule has 5 heteroatoms. The lowest BCUT2D eigenvalue weighted by Gasteiger charge is -2.39. The van der Waals surface area contributed by atoms with E-state index in [-0.39, 0.29) is 11.5 Å². The maximum atomic E-state index is 12.6. The van der Waals surface area contributed by atoms with Crippen LogP contribution in [0.2, 0.25) is 0 Å². The number of piperidine rings is 1. The number of rotatable bonds is 3. The van der Waals surface area contributed by atoms with Crippen molar-refractivity contribution in [2.45, 2.75) is 31.1 Å². The average molecular weight is 351 g/mol. The van der Waals surface area contributed by atoms with Crippen molar-refractivity contribution in [3.63, 3.8) is 0 Å². The smallest absolute Gasteiger partial charge is 0.255 e. The molecular weight excluding hydrogens is 326 g/mol. The van der Waals surface area contributed by atoms with Crippen molar-refractivity contribution in [3.05, 3.63) is 65.5 Å². The zero-order chi connectivity index (χ0) is 18.1. The van der Waals surface area contributed by atoms with Gasteiger partial charge in [0.1, 0.15) is 0 Å². The molecule has 0 N–H and O–H groups in total. The van der Waals surface area contributed by atoms with Crippen LogP contribution in [0.1, 0.15) is 35.6 Å². The van der Waals surface area contributed by atoms with Crippen molar-refractivity contribution >= 4 is 5.91 Å². The summed E-state index contributed by atoms with van der Waals surface area (Å²) in [5.41, 5.74) is 3.18. The first kappa shape index (κ1) is 17.2. The number of carbonyl (C=O) groups is 1. The summed E-state index contributed by atoms with van der Waals surface area (Å²) in [6, 6.07) is 12.4. The normalized spacial score (nSPS) is 21.5. The number of hydrogen-bond acceptors (Lipinski definition) is 4. The molecule has 1 saturated heterocycles. The Balaban J connectivity index is 1.52. The highest BCUT2D eigenvalue weighted by molar-refractivity contribution is 5.83. The molecule has 2 aliphatic heterocycles. The second-order valence-electron chi connectivity index (χ2n) is 7.44. The second-order valence-corrected chi connectivity index (χ2v) is 7.44. The fraction of sp³-hybridized carbons (Fsp3) is 0.429. The Hall–Kier alpha value is -2.24. The van der Waals surface area contributed by atoms with Gasteiger partial charge in [0, 0.05) is 46.1 Å². The second kappa shape index (κ2) is 6.82. The van der Waals surface area contributed by atoms with Gasteiger partial charge in [0.05, 0.1) is 5.60 Å². The van der Waals surface area contributed by atoms with Gasteiger partial charge in [0.2, 0.25) is 0 Å². The predicted molar refractivity (Wildman–Crippen MR) is 99.4 cm³/mol. The molecule has 1 atom stereocenters. The average Bonchev–Trinajstić information content (AvgIpc) is 2.98. The number of likely N-dealkylation sites (tertiary alicyclic amines) is 1. The molecule has 0 radical (unpaired) electrons. The van der Waals surface area contributed by atoms with E-state index in [4.69, 9.17) is 4.74 Å². The Kier molecular flexibility index (Phi) is 4.51. The van der Waals surface area contributed by atoms with Crippen molar-refractivity contribution in [3.8, 4) is 0 Å². The van der Waals surface area contributed by atoms with Crippen LogP contribution in [0.4, 0.5) is 0 Å². The molecule has 4 rings (SSSR count). The van der Waals surface area contributed by atoms with E-state index in [1.165, 1.54) is 11.1 Å². The van der Waals surface area contributed by atoms with Crippen molar-refractivity contribution in [1.29, 1.82) is 0 Å². The molecule has 0 aliphatic carbocycles. The van der Waals surface area contributed by atoms with Gasteiger partial charge >= 0.3 is 0 Å². The number of pyridine rings is 1. The molecule has 1 unspecified atom stereocenters. The van der Waals surface area contributed by atoms with Crippen LogP contribution in [0, 0.1) is 0 Å². The topological polar surface area (TPSA) is 45.7 Å². The summed E-state index contributed by atoms with van der Waals surface area (Å²) >= 11 is 0. The number of fused-ring (bicyclic) bond motifs is 2. The van der Waals surface area contributed by atoms with Crippen LogP contribution in [0.3, 0.4) is 0 Å². The highest BCUT2D eigenvalue weighted by atomic mass is 16.5. The molecule has 1 amide bonds. The maximum Gasteiger partial charge on any atom is 0.255 e. The van der Waals surface area contributed by atoms with Gasteiger partial charge in [-0.25, -0.2) is 0 Å². The van der Waals surface area contributed by atoms with E-state index in [0.717, 1.165) is 38.0 Å². The number of ether oxygens (including phenoxy) is 1. The first-order chi connectivity index (χ1) is 12.6. The molecule has 1 spiro atoms. The third kappa shape index (κ3) is 3.02. The summed E-state index contributed by atoms with van der Waals surface area (Å²) in [4.78, 5) is 20.8. The number of likely N-dealkylation sites (N-methyl/N-ethyl adjacent to an activating group) is 1. The fourth-order valence-corrected chi connectivity index (χ4v) is 4.12. The van der Waals surface area contributed by atoms with Crippen molar-refractivity contribution in [2.75, 3.05) is 27.2 Å². The summed E-state index contributed by atoms with van der Waals surface area (Å²) in [6.45, 7) is 2.85. The van der Waals surface area contributed by atoms with E-state index >= 15 is 0 Å². The van der Waals surface area contributed by atoms with Crippen LogP contribution >= 0.6 is 0 Å². The Morgan fingerprint density at radius 1 is 1.19 bits per heavy atom. The molecule has 0 bridgehead atoms. The van der Waals surface area contributed by atoms with E-state index in [1.54, 1.807) is 19.0 Å². The predicted octanol–water partition coefficient (Wildman–Crippen LogP) is 2.73. The van der Waals surface area contributed by atoms with Crippen LogP contribution in [0.15, 0.2) is 48.8 Å². The summed E-state index contributed by atoms with van der Waals surface area (Å²) in [5.74, 6) is 0.0218. The minimum absolute atomic E-state index is 0.0218. The van der Waals surface area contributed by atoms with Gasteiger partial charge in [0.15, 0.2) is 6.10 Å². The van der Waals surface area contributed by atoms with Crippen LogP contribution in [0.25, 0.3) is 0 Å². The molecule has 1 aromatic heterocycles. The van der Waals surface area contributed by atoms with Crippen molar-refractivity contribution in [2.24, 2.45) is 0 Å². The molecule has 2 aromatic rings. The lowest BCUT2D eigenvalue weighted by molar-refractivity contribution is -0.158. The SMILES string of the molecule is CN(C)C(=O)C1OC2(CCN(Cc3ccncc3)CC2)c2ccccc21. The van der Waals surface area contributed by atoms with Gasteiger partial charge in [-0.2, -0.15) is 0 Å². The van der Waals surface area contributed by atoms with E-state index in [2.05, 4.69) is 34.1 Å². The molecular formula is C21H25N3O2. The number of benzene rings is 1. The van der Waals surface area contributed by atoms with Gasteiger partial charge in [-0.15, -0.1) is 0 Å². The van der Waals surface area contributed by atoms with E-state index in [9.17, 15) is 4.79 Å². The third-order valence-electron chi connectivity index (χ3n) is 5.56. The molecule has 1 aromatic carbocycles. The Labute approximate surface area is 154 Å².